The third kappa shape index (κ3) is 3.96. The fraction of sp³-hybridized carbons (Fsp3) is 0.692. The van der Waals surface area contributed by atoms with Gasteiger partial charge in [0.15, 0.2) is 11.4 Å². The number of alkyl halides is 1. The van der Waals surface area contributed by atoms with Crippen molar-refractivity contribution >= 4 is 17.7 Å². The molecule has 0 saturated carbocycles. The summed E-state index contributed by atoms with van der Waals surface area (Å²) in [6.07, 6.45) is 1.87. The van der Waals surface area contributed by atoms with Gasteiger partial charge in [-0.2, -0.15) is 11.8 Å². The topological polar surface area (TPSA) is 55.1 Å². The molecule has 1 rings (SSSR count). The lowest BCUT2D eigenvalue weighted by Crippen LogP contribution is -2.44. The summed E-state index contributed by atoms with van der Waals surface area (Å²) in [5.74, 6) is 0.0734. The summed E-state index contributed by atoms with van der Waals surface area (Å²) < 4.78 is 18.7. The van der Waals surface area contributed by atoms with Crippen LogP contribution in [0.3, 0.4) is 0 Å². The van der Waals surface area contributed by atoms with Crippen molar-refractivity contribution < 1.29 is 13.7 Å². The summed E-state index contributed by atoms with van der Waals surface area (Å²) in [6, 6.07) is 1.55. The molecule has 0 saturated heterocycles. The molecule has 6 heteroatoms. The van der Waals surface area contributed by atoms with E-state index in [9.17, 15) is 9.18 Å². The highest BCUT2D eigenvalue weighted by Crippen LogP contribution is 2.28. The number of hydrogen-bond acceptors (Lipinski definition) is 4. The second kappa shape index (κ2) is 5.53. The van der Waals surface area contributed by atoms with Crippen LogP contribution in [0.4, 0.5) is 4.39 Å². The molecule has 4 nitrogen and oxygen atoms in total. The van der Waals surface area contributed by atoms with Crippen molar-refractivity contribution in [3.8, 4) is 0 Å². The molecule has 0 aliphatic heterocycles. The van der Waals surface area contributed by atoms with E-state index in [4.69, 9.17) is 4.52 Å². The van der Waals surface area contributed by atoms with Gasteiger partial charge in [-0.15, -0.1) is 0 Å². The van der Waals surface area contributed by atoms with Gasteiger partial charge in [0.05, 0.1) is 10.8 Å². The number of amides is 1. The Morgan fingerprint density at radius 3 is 2.47 bits per heavy atom. The van der Waals surface area contributed by atoms with Gasteiger partial charge in [0, 0.05) is 6.07 Å². The van der Waals surface area contributed by atoms with Crippen LogP contribution >= 0.6 is 11.8 Å². The first-order valence-electron chi connectivity index (χ1n) is 6.09. The first kappa shape index (κ1) is 16.0. The predicted octanol–water partition coefficient (Wildman–Crippen LogP) is 2.98. The molecule has 0 radical (unpaired) electrons. The van der Waals surface area contributed by atoms with Crippen molar-refractivity contribution in [1.29, 1.82) is 0 Å². The average Bonchev–Trinajstić information content (AvgIpc) is 2.76. The van der Waals surface area contributed by atoms with Crippen LogP contribution in [0.5, 0.6) is 0 Å². The van der Waals surface area contributed by atoms with E-state index in [-0.39, 0.29) is 16.9 Å². The molecule has 0 aliphatic carbocycles. The summed E-state index contributed by atoms with van der Waals surface area (Å²) in [5.41, 5.74) is -1.78. The summed E-state index contributed by atoms with van der Waals surface area (Å²) in [7, 11) is 0. The van der Waals surface area contributed by atoms with E-state index in [1.165, 1.54) is 25.6 Å². The Morgan fingerprint density at radius 2 is 2.05 bits per heavy atom. The van der Waals surface area contributed by atoms with Gasteiger partial charge in [-0.1, -0.05) is 5.16 Å². The molecular formula is C13H21FN2O2S. The molecule has 0 fully saturated rings. The van der Waals surface area contributed by atoms with Crippen LogP contribution in [0, 0.1) is 0 Å². The molecule has 1 N–H and O–H groups in total. The number of carbonyl (C=O) groups excluding carboxylic acids is 1. The van der Waals surface area contributed by atoms with Crippen molar-refractivity contribution in [1.82, 2.24) is 10.5 Å². The Balaban J connectivity index is 2.89. The first-order valence-corrected chi connectivity index (χ1v) is 7.38. The first-order chi connectivity index (χ1) is 8.58. The molecule has 1 atom stereocenters. The lowest BCUT2D eigenvalue weighted by molar-refractivity contribution is -0.122. The molecule has 1 amide bonds. The number of carbonyl (C=O) groups is 1. The second-order valence-electron chi connectivity index (χ2n) is 5.54. The third-order valence-electron chi connectivity index (χ3n) is 2.89. The molecular weight excluding hydrogens is 267 g/mol. The van der Waals surface area contributed by atoms with Crippen molar-refractivity contribution in [3.05, 3.63) is 17.5 Å². The monoisotopic (exact) mass is 288 g/mol. The van der Waals surface area contributed by atoms with Crippen LogP contribution in [-0.4, -0.2) is 22.6 Å². The lowest BCUT2D eigenvalue weighted by Gasteiger charge is -2.25. The Kier molecular flexibility index (Phi) is 4.66. The largest absolute Gasteiger partial charge is 0.358 e. The van der Waals surface area contributed by atoms with Crippen molar-refractivity contribution in [2.45, 2.75) is 51.1 Å². The third-order valence-corrected chi connectivity index (χ3v) is 3.82. The van der Waals surface area contributed by atoms with Crippen molar-refractivity contribution in [2.75, 3.05) is 6.26 Å². The number of hydrogen-bond donors (Lipinski definition) is 1. The molecule has 0 aliphatic rings. The van der Waals surface area contributed by atoms with Crippen LogP contribution in [0.15, 0.2) is 10.6 Å². The maximum Gasteiger partial charge on any atom is 0.233 e. The zero-order valence-electron chi connectivity index (χ0n) is 12.2. The minimum Gasteiger partial charge on any atom is -0.358 e. The van der Waals surface area contributed by atoms with E-state index in [2.05, 4.69) is 10.5 Å². The number of halogens is 1. The molecule has 0 bridgehead atoms. The number of nitrogens with one attached hydrogen (secondary N) is 1. The highest BCUT2D eigenvalue weighted by Gasteiger charge is 2.32. The molecule has 19 heavy (non-hydrogen) atoms. The number of nitrogens with zero attached hydrogens (tertiary/aromatic N) is 1. The smallest absolute Gasteiger partial charge is 0.233 e. The lowest BCUT2D eigenvalue weighted by atomic mass is 9.98. The van der Waals surface area contributed by atoms with Gasteiger partial charge >= 0.3 is 0 Å². The van der Waals surface area contributed by atoms with Gasteiger partial charge in [0.1, 0.15) is 5.69 Å². The van der Waals surface area contributed by atoms with Crippen molar-refractivity contribution in [3.63, 3.8) is 0 Å². The molecule has 0 aromatic carbocycles. The van der Waals surface area contributed by atoms with E-state index < -0.39 is 11.2 Å². The predicted molar refractivity (Wildman–Crippen MR) is 74.8 cm³/mol. The zero-order chi connectivity index (χ0) is 14.8. The summed E-state index contributed by atoms with van der Waals surface area (Å²) in [5, 5.41) is 6.59. The number of thioether (sulfide) groups is 1. The van der Waals surface area contributed by atoms with E-state index in [1.54, 1.807) is 6.07 Å². The van der Waals surface area contributed by atoms with Crippen LogP contribution in [0.2, 0.25) is 0 Å². The number of aromatic nitrogens is 1. The molecule has 1 unspecified atom stereocenters. The molecule has 1 heterocycles. The van der Waals surface area contributed by atoms with Gasteiger partial charge in [0.25, 0.3) is 0 Å². The minimum atomic E-state index is -1.59. The molecule has 1 aromatic rings. The zero-order valence-corrected chi connectivity index (χ0v) is 13.0. The van der Waals surface area contributed by atoms with Gasteiger partial charge in [-0.25, -0.2) is 4.39 Å². The molecule has 108 valence electrons. The highest BCUT2D eigenvalue weighted by atomic mass is 32.2. The SMILES string of the molecule is CSC(C)C(=O)NC(C)(C)c1cc(C(C)(C)F)on1. The molecule has 0 spiro atoms. The Bertz CT molecular complexity index is 452. The normalized spacial score (nSPS) is 14.3. The van der Waals surface area contributed by atoms with E-state index >= 15 is 0 Å². The maximum absolute atomic E-state index is 13.7. The second-order valence-corrected chi connectivity index (χ2v) is 6.72. The van der Waals surface area contributed by atoms with Crippen LogP contribution in [-0.2, 0) is 16.0 Å². The van der Waals surface area contributed by atoms with E-state index in [1.807, 2.05) is 27.0 Å². The van der Waals surface area contributed by atoms with Crippen LogP contribution < -0.4 is 5.32 Å². The van der Waals surface area contributed by atoms with Gasteiger partial charge in [-0.05, 0) is 40.9 Å². The van der Waals surface area contributed by atoms with Crippen molar-refractivity contribution in [2.24, 2.45) is 0 Å². The fourth-order valence-corrected chi connectivity index (χ4v) is 1.70. The maximum atomic E-state index is 13.7. The summed E-state index contributed by atoms with van der Waals surface area (Å²) in [6.45, 7) is 8.25. The van der Waals surface area contributed by atoms with Gasteiger partial charge < -0.3 is 9.84 Å². The fourth-order valence-electron chi connectivity index (χ4n) is 1.43. The van der Waals surface area contributed by atoms with Gasteiger partial charge in [-0.3, -0.25) is 4.79 Å². The standard InChI is InChI=1S/C13H21FN2O2S/c1-8(19-6)11(17)15-13(4,5)9-7-10(18-16-9)12(2,3)14/h7-8H,1-6H3,(H,15,17). The van der Waals surface area contributed by atoms with Gasteiger partial charge in [0.2, 0.25) is 5.91 Å². The van der Waals surface area contributed by atoms with E-state index in [0.717, 1.165) is 0 Å². The Hall–Kier alpha value is -1.04. The van der Waals surface area contributed by atoms with E-state index in [0.29, 0.717) is 5.69 Å². The highest BCUT2D eigenvalue weighted by molar-refractivity contribution is 7.99. The summed E-state index contributed by atoms with van der Waals surface area (Å²) in [4.78, 5) is 11.9. The van der Waals surface area contributed by atoms with Crippen LogP contribution in [0.1, 0.15) is 46.1 Å². The quantitative estimate of drug-likeness (QED) is 0.905. The summed E-state index contributed by atoms with van der Waals surface area (Å²) >= 11 is 1.46. The average molecular weight is 288 g/mol. The Labute approximate surface area is 117 Å². The number of rotatable bonds is 5. The minimum absolute atomic E-state index is 0.0819. The molecule has 1 aromatic heterocycles. The Morgan fingerprint density at radius 1 is 1.47 bits per heavy atom. The van der Waals surface area contributed by atoms with Crippen LogP contribution in [0.25, 0.3) is 0 Å².